The predicted molar refractivity (Wildman–Crippen MR) is 62.3 cm³/mol. The summed E-state index contributed by atoms with van der Waals surface area (Å²) in [7, 11) is 2.19. The van der Waals surface area contributed by atoms with Crippen molar-refractivity contribution in [1.82, 2.24) is 14.7 Å². The fourth-order valence-corrected chi connectivity index (χ4v) is 2.33. The average Bonchev–Trinajstić information content (AvgIpc) is 2.37. The van der Waals surface area contributed by atoms with Gasteiger partial charge in [-0.2, -0.15) is 5.10 Å². The van der Waals surface area contributed by atoms with Gasteiger partial charge in [0.05, 0.1) is 12.2 Å². The number of hydrogen-bond acceptors (Lipinski definition) is 2. The van der Waals surface area contributed by atoms with Gasteiger partial charge in [-0.25, -0.2) is 0 Å². The van der Waals surface area contributed by atoms with E-state index in [0.29, 0.717) is 5.92 Å². The second-order valence-electron chi connectivity index (χ2n) is 4.89. The number of rotatable bonds is 1. The zero-order chi connectivity index (χ0) is 11.0. The average molecular weight is 207 g/mol. The topological polar surface area (TPSA) is 21.1 Å². The predicted octanol–water partition coefficient (Wildman–Crippen LogP) is 1.80. The molecule has 2 rings (SSSR count). The van der Waals surface area contributed by atoms with E-state index in [0.717, 1.165) is 26.1 Å². The minimum Gasteiger partial charge on any atom is -0.304 e. The van der Waals surface area contributed by atoms with Crippen molar-refractivity contribution >= 4 is 0 Å². The van der Waals surface area contributed by atoms with Crippen molar-refractivity contribution in [3.05, 3.63) is 17.0 Å². The number of aromatic nitrogens is 2. The first kappa shape index (κ1) is 10.7. The summed E-state index contributed by atoms with van der Waals surface area (Å²) in [5.74, 6) is 0.544. The molecule has 1 aromatic rings. The maximum absolute atomic E-state index is 4.73. The van der Waals surface area contributed by atoms with Gasteiger partial charge < -0.3 is 4.90 Å². The Balaban J connectivity index is 2.34. The summed E-state index contributed by atoms with van der Waals surface area (Å²) in [4.78, 5) is 2.38. The molecular formula is C12H21N3. The number of likely N-dealkylation sites (N-methyl/N-ethyl adjacent to an activating group) is 1. The molecule has 1 aliphatic heterocycles. The molecule has 0 aliphatic carbocycles. The molecule has 0 radical (unpaired) electrons. The smallest absolute Gasteiger partial charge is 0.0682 e. The molecule has 0 atom stereocenters. The molecular weight excluding hydrogens is 186 g/mol. The van der Waals surface area contributed by atoms with E-state index < -0.39 is 0 Å². The molecule has 1 aliphatic rings. The van der Waals surface area contributed by atoms with Crippen LogP contribution in [0.4, 0.5) is 0 Å². The second-order valence-corrected chi connectivity index (χ2v) is 4.89. The van der Waals surface area contributed by atoms with Gasteiger partial charge in [0, 0.05) is 25.2 Å². The van der Waals surface area contributed by atoms with Crippen LogP contribution in [0.3, 0.4) is 0 Å². The summed E-state index contributed by atoms with van der Waals surface area (Å²) in [6, 6.07) is 0. The molecule has 0 bridgehead atoms. The van der Waals surface area contributed by atoms with Gasteiger partial charge in [-0.05, 0) is 25.5 Å². The van der Waals surface area contributed by atoms with Crippen molar-refractivity contribution in [3.8, 4) is 0 Å². The van der Waals surface area contributed by atoms with Crippen molar-refractivity contribution in [1.29, 1.82) is 0 Å². The molecule has 0 N–H and O–H groups in total. The summed E-state index contributed by atoms with van der Waals surface area (Å²) in [5, 5.41) is 4.73. The zero-order valence-electron chi connectivity index (χ0n) is 10.2. The highest BCUT2D eigenvalue weighted by Crippen LogP contribution is 2.22. The highest BCUT2D eigenvalue weighted by Gasteiger charge is 2.19. The third kappa shape index (κ3) is 1.93. The number of hydrogen-bond donors (Lipinski definition) is 0. The lowest BCUT2D eigenvalue weighted by Gasteiger charge is -2.11. The van der Waals surface area contributed by atoms with Gasteiger partial charge in [-0.15, -0.1) is 0 Å². The van der Waals surface area contributed by atoms with E-state index in [1.165, 1.54) is 17.0 Å². The van der Waals surface area contributed by atoms with Crippen LogP contribution in [0.15, 0.2) is 0 Å². The van der Waals surface area contributed by atoms with Crippen molar-refractivity contribution in [2.24, 2.45) is 0 Å². The third-order valence-electron chi connectivity index (χ3n) is 3.33. The van der Waals surface area contributed by atoms with Gasteiger partial charge in [-0.3, -0.25) is 4.68 Å². The Morgan fingerprint density at radius 2 is 1.93 bits per heavy atom. The Labute approximate surface area is 92.1 Å². The molecule has 0 fully saturated rings. The monoisotopic (exact) mass is 207 g/mol. The van der Waals surface area contributed by atoms with Crippen LogP contribution in [-0.2, 0) is 13.0 Å². The minimum absolute atomic E-state index is 0.544. The molecule has 84 valence electrons. The Bertz CT molecular complexity index is 352. The molecule has 0 saturated carbocycles. The Hall–Kier alpha value is -0.830. The highest BCUT2D eigenvalue weighted by atomic mass is 15.3. The maximum Gasteiger partial charge on any atom is 0.0682 e. The number of nitrogens with zero attached hydrogens (tertiary/aromatic N) is 3. The van der Waals surface area contributed by atoms with Crippen molar-refractivity contribution in [2.45, 2.75) is 39.7 Å². The minimum atomic E-state index is 0.544. The van der Waals surface area contributed by atoms with Crippen LogP contribution >= 0.6 is 0 Å². The molecule has 0 spiro atoms. The Kier molecular flexibility index (Phi) is 2.83. The third-order valence-corrected chi connectivity index (χ3v) is 3.33. The molecule has 0 aromatic carbocycles. The molecule has 0 amide bonds. The molecule has 3 heteroatoms. The summed E-state index contributed by atoms with van der Waals surface area (Å²) in [6.45, 7) is 9.98. The quantitative estimate of drug-likeness (QED) is 0.700. The molecule has 3 nitrogen and oxygen atoms in total. The van der Waals surface area contributed by atoms with Crippen LogP contribution in [0.1, 0.15) is 36.7 Å². The Morgan fingerprint density at radius 1 is 1.20 bits per heavy atom. The lowest BCUT2D eigenvalue weighted by molar-refractivity contribution is 0.336. The van der Waals surface area contributed by atoms with Crippen molar-refractivity contribution in [2.75, 3.05) is 20.1 Å². The normalized spacial score (nSPS) is 17.9. The van der Waals surface area contributed by atoms with Crippen LogP contribution in [0.25, 0.3) is 0 Å². The maximum atomic E-state index is 4.73. The molecule has 0 saturated heterocycles. The van der Waals surface area contributed by atoms with Crippen LogP contribution in [-0.4, -0.2) is 34.8 Å². The van der Waals surface area contributed by atoms with Gasteiger partial charge in [0.2, 0.25) is 0 Å². The van der Waals surface area contributed by atoms with Gasteiger partial charge in [0.15, 0.2) is 0 Å². The molecule has 0 unspecified atom stereocenters. The first-order valence-electron chi connectivity index (χ1n) is 5.84. The molecule has 2 heterocycles. The first-order chi connectivity index (χ1) is 7.09. The zero-order valence-corrected chi connectivity index (χ0v) is 10.2. The molecule has 15 heavy (non-hydrogen) atoms. The number of fused-ring (bicyclic) bond motifs is 1. The van der Waals surface area contributed by atoms with E-state index in [1.807, 2.05) is 0 Å². The van der Waals surface area contributed by atoms with E-state index in [9.17, 15) is 0 Å². The summed E-state index contributed by atoms with van der Waals surface area (Å²) < 4.78 is 2.22. The standard InChI is InChI=1S/C12H21N3/c1-9(2)12-10(3)11-5-6-14(4)7-8-15(11)13-12/h9H,5-8H2,1-4H3. The summed E-state index contributed by atoms with van der Waals surface area (Å²) >= 11 is 0. The SMILES string of the molecule is Cc1c(C(C)C)nn2c1CCN(C)CC2. The van der Waals surface area contributed by atoms with E-state index in [1.54, 1.807) is 0 Å². The summed E-state index contributed by atoms with van der Waals surface area (Å²) in [6.07, 6.45) is 1.14. The van der Waals surface area contributed by atoms with Crippen LogP contribution in [0.5, 0.6) is 0 Å². The lowest BCUT2D eigenvalue weighted by Crippen LogP contribution is -2.22. The fourth-order valence-electron chi connectivity index (χ4n) is 2.33. The Morgan fingerprint density at radius 3 is 2.60 bits per heavy atom. The highest BCUT2D eigenvalue weighted by molar-refractivity contribution is 5.27. The van der Waals surface area contributed by atoms with Crippen molar-refractivity contribution in [3.63, 3.8) is 0 Å². The van der Waals surface area contributed by atoms with Crippen LogP contribution in [0, 0.1) is 6.92 Å². The van der Waals surface area contributed by atoms with Gasteiger partial charge in [0.25, 0.3) is 0 Å². The van der Waals surface area contributed by atoms with Gasteiger partial charge >= 0.3 is 0 Å². The van der Waals surface area contributed by atoms with Crippen LogP contribution < -0.4 is 0 Å². The lowest BCUT2D eigenvalue weighted by atomic mass is 10.0. The first-order valence-corrected chi connectivity index (χ1v) is 5.84. The largest absolute Gasteiger partial charge is 0.304 e. The van der Waals surface area contributed by atoms with Crippen molar-refractivity contribution < 1.29 is 0 Å². The second kappa shape index (κ2) is 3.97. The molecule has 1 aromatic heterocycles. The fraction of sp³-hybridized carbons (Fsp3) is 0.750. The van der Waals surface area contributed by atoms with E-state index in [4.69, 9.17) is 5.10 Å². The summed E-state index contributed by atoms with van der Waals surface area (Å²) in [5.41, 5.74) is 4.15. The van der Waals surface area contributed by atoms with Gasteiger partial charge in [0.1, 0.15) is 0 Å². The van der Waals surface area contributed by atoms with E-state index in [-0.39, 0.29) is 0 Å². The van der Waals surface area contributed by atoms with Gasteiger partial charge in [-0.1, -0.05) is 13.8 Å². The van der Waals surface area contributed by atoms with E-state index in [2.05, 4.69) is 37.4 Å². The van der Waals surface area contributed by atoms with Crippen LogP contribution in [0.2, 0.25) is 0 Å². The van der Waals surface area contributed by atoms with E-state index >= 15 is 0 Å².